The molecule has 0 aromatic carbocycles. The highest BCUT2D eigenvalue weighted by molar-refractivity contribution is 7.21. The molecule has 33 heavy (non-hydrogen) atoms. The number of hydrogen-bond donors (Lipinski definition) is 2. The summed E-state index contributed by atoms with van der Waals surface area (Å²) in [7, 11) is 3.09. The van der Waals surface area contributed by atoms with Crippen LogP contribution in [0.15, 0.2) is 21.9 Å². The Kier molecular flexibility index (Phi) is 6.67. The molecule has 4 aromatic rings. The molecule has 0 unspecified atom stereocenters. The van der Waals surface area contributed by atoms with Gasteiger partial charge in [0.05, 0.1) is 23.9 Å². The number of carbonyl (C=O) groups is 2. The number of amides is 2. The molecule has 0 fully saturated rings. The number of hydrogen-bond acceptors (Lipinski definition) is 10. The number of nitrogens with one attached hydrogen (secondary N) is 2. The van der Waals surface area contributed by atoms with Gasteiger partial charge in [-0.1, -0.05) is 0 Å². The Labute approximate surface area is 197 Å². The van der Waals surface area contributed by atoms with Crippen LogP contribution in [-0.2, 0) is 22.7 Å². The lowest BCUT2D eigenvalue weighted by atomic mass is 10.2. The Morgan fingerprint density at radius 3 is 2.73 bits per heavy atom. The Bertz CT molecular complexity index is 1330. The van der Waals surface area contributed by atoms with Crippen molar-refractivity contribution in [3.63, 3.8) is 0 Å². The Balaban J connectivity index is 1.54. The maximum absolute atomic E-state index is 13.0. The Morgan fingerprint density at radius 2 is 2.00 bits per heavy atom. The average Bonchev–Trinajstić information content (AvgIpc) is 3.51. The summed E-state index contributed by atoms with van der Waals surface area (Å²) in [6, 6.07) is 3.55. The number of fused-ring (bicyclic) bond motifs is 1. The summed E-state index contributed by atoms with van der Waals surface area (Å²) in [6.45, 7) is 3.82. The number of carbonyl (C=O) groups excluding carboxylic acids is 2. The van der Waals surface area contributed by atoms with Crippen molar-refractivity contribution in [3.8, 4) is 17.3 Å². The van der Waals surface area contributed by atoms with Crippen LogP contribution in [0.3, 0.4) is 0 Å². The molecule has 4 aromatic heterocycles. The molecule has 0 radical (unpaired) electrons. The number of thiazole rings is 1. The number of aryl methyl sites for hydroxylation is 1. The lowest BCUT2D eigenvalue weighted by Crippen LogP contribution is -2.18. The molecule has 4 rings (SSSR count). The standard InChI is InChI=1S/C21H21N5O5S2/c1-10-16-19(30-4)24-15(8-29-3)25-20(16)33-17(10)18(28)26-21-23-13(9-32-21)14-6-5-12(31-14)7-22-11(2)27/h5-6,9H,7-8H2,1-4H3,(H,22,27)(H,23,26,28). The molecule has 10 nitrogen and oxygen atoms in total. The topological polar surface area (TPSA) is 128 Å². The van der Waals surface area contributed by atoms with Gasteiger partial charge >= 0.3 is 0 Å². The summed E-state index contributed by atoms with van der Waals surface area (Å²) in [5.41, 5.74) is 1.33. The van der Waals surface area contributed by atoms with E-state index in [9.17, 15) is 9.59 Å². The summed E-state index contributed by atoms with van der Waals surface area (Å²) in [5.74, 6) is 1.62. The first-order valence-corrected chi connectivity index (χ1v) is 11.5. The normalized spacial score (nSPS) is 11.0. The number of nitrogens with zero attached hydrogens (tertiary/aromatic N) is 3. The van der Waals surface area contributed by atoms with Gasteiger partial charge in [0.25, 0.3) is 5.91 Å². The van der Waals surface area contributed by atoms with Crippen LogP contribution in [0.1, 0.15) is 33.7 Å². The molecule has 0 spiro atoms. The molecule has 12 heteroatoms. The first kappa shape index (κ1) is 22.8. The summed E-state index contributed by atoms with van der Waals surface area (Å²) < 4.78 is 16.2. The minimum Gasteiger partial charge on any atom is -0.480 e. The molecule has 0 atom stereocenters. The first-order chi connectivity index (χ1) is 15.9. The summed E-state index contributed by atoms with van der Waals surface area (Å²) >= 11 is 2.55. The van der Waals surface area contributed by atoms with Gasteiger partial charge in [0.1, 0.15) is 22.9 Å². The molecule has 0 saturated heterocycles. The van der Waals surface area contributed by atoms with Crippen molar-refractivity contribution in [1.82, 2.24) is 20.3 Å². The molecule has 0 aliphatic heterocycles. The average molecular weight is 488 g/mol. The third kappa shape index (κ3) is 4.87. The van der Waals surface area contributed by atoms with Crippen LogP contribution >= 0.6 is 22.7 Å². The predicted molar refractivity (Wildman–Crippen MR) is 125 cm³/mol. The van der Waals surface area contributed by atoms with Gasteiger partial charge in [0, 0.05) is 19.4 Å². The second kappa shape index (κ2) is 9.65. The second-order valence-electron chi connectivity index (χ2n) is 6.99. The minimum atomic E-state index is -0.294. The van der Waals surface area contributed by atoms with E-state index < -0.39 is 0 Å². The van der Waals surface area contributed by atoms with E-state index in [0.29, 0.717) is 55.7 Å². The predicted octanol–water partition coefficient (Wildman–Crippen LogP) is 3.76. The fourth-order valence-electron chi connectivity index (χ4n) is 3.12. The van der Waals surface area contributed by atoms with Gasteiger partial charge < -0.3 is 19.2 Å². The smallest absolute Gasteiger partial charge is 0.267 e. The third-order valence-electron chi connectivity index (χ3n) is 4.63. The van der Waals surface area contributed by atoms with Gasteiger partial charge in [-0.05, 0) is 24.6 Å². The number of thiophene rings is 1. The lowest BCUT2D eigenvalue weighted by Gasteiger charge is -2.05. The van der Waals surface area contributed by atoms with Crippen molar-refractivity contribution in [2.45, 2.75) is 27.0 Å². The Hall–Kier alpha value is -3.35. The fraction of sp³-hybridized carbons (Fsp3) is 0.286. The monoisotopic (exact) mass is 487 g/mol. The van der Waals surface area contributed by atoms with Crippen molar-refractivity contribution in [2.75, 3.05) is 19.5 Å². The number of aromatic nitrogens is 3. The van der Waals surface area contributed by atoms with Crippen LogP contribution < -0.4 is 15.4 Å². The van der Waals surface area contributed by atoms with Gasteiger partial charge in [-0.2, -0.15) is 4.98 Å². The van der Waals surface area contributed by atoms with Gasteiger partial charge in [-0.15, -0.1) is 22.7 Å². The number of methoxy groups -OCH3 is 2. The van der Waals surface area contributed by atoms with Crippen LogP contribution in [0, 0.1) is 6.92 Å². The highest BCUT2D eigenvalue weighted by atomic mass is 32.1. The van der Waals surface area contributed by atoms with Gasteiger partial charge in [0.15, 0.2) is 16.7 Å². The minimum absolute atomic E-state index is 0.137. The van der Waals surface area contributed by atoms with E-state index in [2.05, 4.69) is 25.6 Å². The molecule has 0 bridgehead atoms. The highest BCUT2D eigenvalue weighted by Gasteiger charge is 2.22. The zero-order chi connectivity index (χ0) is 23.5. The van der Waals surface area contributed by atoms with Crippen LogP contribution in [0.4, 0.5) is 5.13 Å². The molecule has 0 aliphatic carbocycles. The fourth-order valence-corrected chi connectivity index (χ4v) is 4.90. The summed E-state index contributed by atoms with van der Waals surface area (Å²) in [6.07, 6.45) is 0. The molecule has 0 saturated carbocycles. The molecule has 0 aliphatic rings. The van der Waals surface area contributed by atoms with Crippen molar-refractivity contribution in [1.29, 1.82) is 0 Å². The number of furan rings is 1. The summed E-state index contributed by atoms with van der Waals surface area (Å²) in [4.78, 5) is 38.5. The number of anilines is 1. The molecule has 4 heterocycles. The van der Waals surface area contributed by atoms with Crippen LogP contribution in [0.5, 0.6) is 5.88 Å². The van der Waals surface area contributed by atoms with Gasteiger partial charge in [-0.25, -0.2) is 9.97 Å². The van der Waals surface area contributed by atoms with E-state index in [4.69, 9.17) is 13.9 Å². The van der Waals surface area contributed by atoms with Crippen molar-refractivity contribution in [3.05, 3.63) is 39.5 Å². The van der Waals surface area contributed by atoms with Crippen molar-refractivity contribution in [2.24, 2.45) is 0 Å². The maximum atomic E-state index is 13.0. The van der Waals surface area contributed by atoms with E-state index in [1.807, 2.05) is 6.92 Å². The zero-order valence-corrected chi connectivity index (χ0v) is 20.0. The lowest BCUT2D eigenvalue weighted by molar-refractivity contribution is -0.119. The maximum Gasteiger partial charge on any atom is 0.267 e. The largest absolute Gasteiger partial charge is 0.480 e. The van der Waals surface area contributed by atoms with Gasteiger partial charge in [0.2, 0.25) is 11.8 Å². The molecular formula is C21H21N5O5S2. The van der Waals surface area contributed by atoms with E-state index in [-0.39, 0.29) is 18.4 Å². The van der Waals surface area contributed by atoms with Crippen LogP contribution in [0.2, 0.25) is 0 Å². The first-order valence-electron chi connectivity index (χ1n) is 9.83. The third-order valence-corrected chi connectivity index (χ3v) is 6.57. The molecule has 2 amide bonds. The number of rotatable bonds is 8. The molecular weight excluding hydrogens is 466 g/mol. The SMILES string of the molecule is COCc1nc(OC)c2c(C)c(C(=O)Nc3nc(-c4ccc(CNC(C)=O)o4)cs3)sc2n1. The van der Waals surface area contributed by atoms with Crippen molar-refractivity contribution >= 4 is 49.8 Å². The second-order valence-corrected chi connectivity index (χ2v) is 8.84. The van der Waals surface area contributed by atoms with E-state index in [1.165, 1.54) is 36.7 Å². The highest BCUT2D eigenvalue weighted by Crippen LogP contribution is 2.36. The van der Waals surface area contributed by atoms with E-state index >= 15 is 0 Å². The van der Waals surface area contributed by atoms with E-state index in [1.54, 1.807) is 24.6 Å². The van der Waals surface area contributed by atoms with Crippen molar-refractivity contribution < 1.29 is 23.5 Å². The zero-order valence-electron chi connectivity index (χ0n) is 18.3. The molecule has 172 valence electrons. The summed E-state index contributed by atoms with van der Waals surface area (Å²) in [5, 5.41) is 8.45. The van der Waals surface area contributed by atoms with Crippen LogP contribution in [0.25, 0.3) is 21.7 Å². The Morgan fingerprint density at radius 1 is 1.18 bits per heavy atom. The van der Waals surface area contributed by atoms with E-state index in [0.717, 1.165) is 5.56 Å². The van der Waals surface area contributed by atoms with Gasteiger partial charge in [-0.3, -0.25) is 14.9 Å². The van der Waals surface area contributed by atoms with Crippen LogP contribution in [-0.4, -0.2) is 41.0 Å². The molecule has 2 N–H and O–H groups in total. The number of ether oxygens (including phenoxy) is 2. The quantitative estimate of drug-likeness (QED) is 0.384.